The molecule has 0 radical (unpaired) electrons. The molecule has 20 heteroatoms. The molecule has 29 heavy (non-hydrogen) atoms. The standard InChI is InChI=1S/C9H5F15O3S.K/c1-2(10)3(11,12)4(13,14)5(15,16)6(17,18)7(19,20)8(21,22)9(23,24)28(25,26)27;/h2H,1H3,(H,25,26,27);/q;+1/p-1. The van der Waals surface area contributed by atoms with Crippen molar-refractivity contribution in [2.45, 2.75) is 53.9 Å². The van der Waals surface area contributed by atoms with Gasteiger partial charge in [0.2, 0.25) is 0 Å². The first-order chi connectivity index (χ1) is 11.7. The molecule has 0 spiro atoms. The third kappa shape index (κ3) is 4.14. The van der Waals surface area contributed by atoms with Crippen LogP contribution in [-0.2, 0) is 10.1 Å². The van der Waals surface area contributed by atoms with Crippen molar-refractivity contribution in [3.63, 3.8) is 0 Å². The molecule has 170 valence electrons. The van der Waals surface area contributed by atoms with Crippen LogP contribution in [-0.4, -0.2) is 59.9 Å². The molecule has 0 aliphatic heterocycles. The Bertz CT molecular complexity index is 702. The first-order valence-corrected chi connectivity index (χ1v) is 7.34. The average Bonchev–Trinajstić information content (AvgIpc) is 2.44. The molecule has 0 amide bonds. The summed E-state index contributed by atoms with van der Waals surface area (Å²) in [6.45, 7) is -0.660. The monoisotopic (exact) mass is 516 g/mol. The molecule has 3 nitrogen and oxygen atoms in total. The molecule has 0 rings (SSSR count). The van der Waals surface area contributed by atoms with Gasteiger partial charge in [0.15, 0.2) is 16.3 Å². The zero-order valence-corrected chi connectivity index (χ0v) is 17.3. The zero-order valence-electron chi connectivity index (χ0n) is 13.4. The molecule has 0 aromatic carbocycles. The van der Waals surface area contributed by atoms with Crippen LogP contribution < -0.4 is 51.4 Å². The van der Waals surface area contributed by atoms with Crippen LogP contribution in [0.25, 0.3) is 0 Å². The van der Waals surface area contributed by atoms with E-state index < -0.39 is 64.0 Å². The number of rotatable bonds is 8. The number of halogens is 15. The van der Waals surface area contributed by atoms with E-state index in [0.717, 1.165) is 0 Å². The van der Waals surface area contributed by atoms with Gasteiger partial charge in [-0.25, -0.2) is 12.8 Å². The smallest absolute Gasteiger partial charge is 0.743 e. The normalized spacial score (nSPS) is 17.0. The fourth-order valence-electron chi connectivity index (χ4n) is 1.39. The Balaban J connectivity index is 0. The molecule has 0 aliphatic carbocycles. The van der Waals surface area contributed by atoms with Crippen molar-refractivity contribution in [2.24, 2.45) is 0 Å². The molecule has 0 saturated heterocycles. The van der Waals surface area contributed by atoms with Gasteiger partial charge in [-0.2, -0.15) is 61.5 Å². The second-order valence-corrected chi connectivity index (χ2v) is 6.50. The number of hydrogen-bond donors (Lipinski definition) is 0. The molecule has 0 N–H and O–H groups in total. The fourth-order valence-corrected chi connectivity index (χ4v) is 1.83. The summed E-state index contributed by atoms with van der Waals surface area (Å²) in [6, 6.07) is 0. The Hall–Kier alpha value is 0.496. The van der Waals surface area contributed by atoms with Crippen LogP contribution in [0.4, 0.5) is 65.9 Å². The molecular weight excluding hydrogens is 512 g/mol. The van der Waals surface area contributed by atoms with Crippen LogP contribution in [0.1, 0.15) is 6.92 Å². The summed E-state index contributed by atoms with van der Waals surface area (Å²) in [5.74, 6) is -48.6. The summed E-state index contributed by atoms with van der Waals surface area (Å²) < 4.78 is 224. The van der Waals surface area contributed by atoms with Gasteiger partial charge in [-0.1, -0.05) is 0 Å². The van der Waals surface area contributed by atoms with E-state index >= 15 is 0 Å². The Kier molecular flexibility index (Phi) is 8.88. The van der Waals surface area contributed by atoms with Gasteiger partial charge < -0.3 is 4.55 Å². The predicted molar refractivity (Wildman–Crippen MR) is 54.9 cm³/mol. The minimum absolute atomic E-state index is 0. The third-order valence-corrected chi connectivity index (χ3v) is 4.06. The Morgan fingerprint density at radius 2 is 0.862 bits per heavy atom. The minimum atomic E-state index is -8.57. The summed E-state index contributed by atoms with van der Waals surface area (Å²) in [5.41, 5.74) is 0. The van der Waals surface area contributed by atoms with Gasteiger partial charge in [-0.15, -0.1) is 0 Å². The van der Waals surface area contributed by atoms with Gasteiger partial charge in [0.25, 0.3) is 0 Å². The topological polar surface area (TPSA) is 57.2 Å². The van der Waals surface area contributed by atoms with Gasteiger partial charge >= 0.3 is 92.2 Å². The fraction of sp³-hybridized carbons (Fsp3) is 1.00. The first kappa shape index (κ1) is 31.7. The van der Waals surface area contributed by atoms with Crippen LogP contribution in [0.2, 0.25) is 0 Å². The van der Waals surface area contributed by atoms with Crippen LogP contribution in [0.3, 0.4) is 0 Å². The molecule has 0 aromatic heterocycles. The predicted octanol–water partition coefficient (Wildman–Crippen LogP) is 1.30. The van der Waals surface area contributed by atoms with Crippen molar-refractivity contribution in [2.75, 3.05) is 0 Å². The molecule has 0 aromatic rings. The molecule has 0 bridgehead atoms. The molecule has 1 unspecified atom stereocenters. The van der Waals surface area contributed by atoms with Crippen molar-refractivity contribution in [1.29, 1.82) is 0 Å². The summed E-state index contributed by atoms with van der Waals surface area (Å²) in [4.78, 5) is 0. The van der Waals surface area contributed by atoms with E-state index in [1.165, 1.54) is 0 Å². The van der Waals surface area contributed by atoms with Gasteiger partial charge in [0.05, 0.1) is 0 Å². The SMILES string of the molecule is CC(F)C(F)(F)C(F)(F)C(F)(F)C(F)(F)C(F)(F)C(F)(F)C(F)(F)S(=O)(=O)[O-].[K+]. The van der Waals surface area contributed by atoms with Gasteiger partial charge in [0, 0.05) is 0 Å². The molecule has 0 fully saturated rings. The maximum Gasteiger partial charge on any atom is 1.00 e. The van der Waals surface area contributed by atoms with Crippen LogP contribution in [0.5, 0.6) is 0 Å². The van der Waals surface area contributed by atoms with E-state index in [2.05, 4.69) is 0 Å². The summed E-state index contributed by atoms with van der Waals surface area (Å²) in [6.07, 6.45) is -4.48. The first-order valence-electron chi connectivity index (χ1n) is 5.93. The van der Waals surface area contributed by atoms with Crippen LogP contribution in [0, 0.1) is 0 Å². The Morgan fingerprint density at radius 3 is 1.10 bits per heavy atom. The summed E-state index contributed by atoms with van der Waals surface area (Å²) in [5, 5.41) is -7.80. The van der Waals surface area contributed by atoms with E-state index in [1.54, 1.807) is 0 Å². The van der Waals surface area contributed by atoms with Crippen molar-refractivity contribution in [1.82, 2.24) is 0 Å². The number of alkyl halides is 15. The second kappa shape index (κ2) is 8.12. The summed E-state index contributed by atoms with van der Waals surface area (Å²) in [7, 11) is -8.01. The summed E-state index contributed by atoms with van der Waals surface area (Å²) >= 11 is 0. The quantitative estimate of drug-likeness (QED) is 0.278. The van der Waals surface area contributed by atoms with Crippen LogP contribution >= 0.6 is 0 Å². The molecule has 0 heterocycles. The molecule has 0 saturated carbocycles. The van der Waals surface area contributed by atoms with E-state index in [0.29, 0.717) is 0 Å². The molecule has 1 atom stereocenters. The van der Waals surface area contributed by atoms with Crippen molar-refractivity contribution in [3.05, 3.63) is 0 Å². The largest absolute Gasteiger partial charge is 1.00 e. The van der Waals surface area contributed by atoms with E-state index in [1.807, 2.05) is 0 Å². The average molecular weight is 516 g/mol. The van der Waals surface area contributed by atoms with E-state index in [4.69, 9.17) is 0 Å². The van der Waals surface area contributed by atoms with E-state index in [-0.39, 0.29) is 51.4 Å². The minimum Gasteiger partial charge on any atom is -0.743 e. The molecule has 0 aliphatic rings. The zero-order chi connectivity index (χ0) is 23.6. The van der Waals surface area contributed by atoms with Crippen molar-refractivity contribution >= 4 is 10.1 Å². The van der Waals surface area contributed by atoms with Crippen molar-refractivity contribution in [3.8, 4) is 0 Å². The van der Waals surface area contributed by atoms with E-state index in [9.17, 15) is 78.8 Å². The second-order valence-electron chi connectivity index (χ2n) is 5.08. The maximum absolute atomic E-state index is 13.1. The van der Waals surface area contributed by atoms with Gasteiger partial charge in [-0.3, -0.25) is 0 Å². The van der Waals surface area contributed by atoms with Gasteiger partial charge in [0.1, 0.15) is 0 Å². The number of hydrogen-bond acceptors (Lipinski definition) is 3. The maximum atomic E-state index is 13.1. The molecular formula is C9H4F15KO3S. The van der Waals surface area contributed by atoms with Crippen LogP contribution in [0.15, 0.2) is 0 Å². The van der Waals surface area contributed by atoms with Crippen molar-refractivity contribution < 1.29 is 130 Å². The Labute approximate surface area is 193 Å². The van der Waals surface area contributed by atoms with Gasteiger partial charge in [-0.05, 0) is 6.92 Å². The Morgan fingerprint density at radius 1 is 0.621 bits per heavy atom. The third-order valence-electron chi connectivity index (χ3n) is 3.18.